The van der Waals surface area contributed by atoms with Gasteiger partial charge in [0.15, 0.2) is 0 Å². The van der Waals surface area contributed by atoms with Crippen LogP contribution in [0, 0.1) is 0 Å². The number of rotatable bonds is 3. The quantitative estimate of drug-likeness (QED) is 0.845. The van der Waals surface area contributed by atoms with Gasteiger partial charge in [0.05, 0.1) is 6.42 Å². The second-order valence-corrected chi connectivity index (χ2v) is 6.18. The van der Waals surface area contributed by atoms with Crippen LogP contribution >= 0.6 is 15.9 Å². The third-order valence-corrected chi connectivity index (χ3v) is 4.68. The summed E-state index contributed by atoms with van der Waals surface area (Å²) in [6.45, 7) is 3.16. The van der Waals surface area contributed by atoms with Gasteiger partial charge in [-0.15, -0.1) is 0 Å². The summed E-state index contributed by atoms with van der Waals surface area (Å²) >= 11 is 3.50. The molecule has 0 aliphatic carbocycles. The van der Waals surface area contributed by atoms with Gasteiger partial charge in [0.2, 0.25) is 5.91 Å². The Morgan fingerprint density at radius 2 is 1.77 bits per heavy atom. The van der Waals surface area contributed by atoms with Crippen LogP contribution in [0.4, 0.5) is 5.82 Å². The van der Waals surface area contributed by atoms with Crippen LogP contribution in [-0.2, 0) is 11.2 Å². The van der Waals surface area contributed by atoms with Crippen molar-refractivity contribution in [1.82, 2.24) is 9.88 Å². The van der Waals surface area contributed by atoms with E-state index in [-0.39, 0.29) is 5.91 Å². The van der Waals surface area contributed by atoms with Crippen LogP contribution in [0.1, 0.15) is 5.56 Å². The second-order valence-electron chi connectivity index (χ2n) is 5.32. The highest BCUT2D eigenvalue weighted by atomic mass is 79.9. The van der Waals surface area contributed by atoms with Crippen molar-refractivity contribution in [1.29, 1.82) is 0 Å². The molecular weight excluding hydrogens is 342 g/mol. The van der Waals surface area contributed by atoms with Gasteiger partial charge in [-0.3, -0.25) is 4.79 Å². The number of nitrogens with zero attached hydrogens (tertiary/aromatic N) is 3. The van der Waals surface area contributed by atoms with E-state index in [1.807, 2.05) is 47.4 Å². The number of hydrogen-bond donors (Lipinski definition) is 0. The Hall–Kier alpha value is -1.88. The maximum atomic E-state index is 12.4. The first-order chi connectivity index (χ1) is 10.7. The van der Waals surface area contributed by atoms with Crippen molar-refractivity contribution in [2.75, 3.05) is 31.1 Å². The number of carbonyl (C=O) groups excluding carboxylic acids is 1. The van der Waals surface area contributed by atoms with Crippen molar-refractivity contribution in [3.63, 3.8) is 0 Å². The molecule has 0 spiro atoms. The molecule has 114 valence electrons. The third-order valence-electron chi connectivity index (χ3n) is 3.91. The lowest BCUT2D eigenvalue weighted by Crippen LogP contribution is -2.49. The van der Waals surface area contributed by atoms with E-state index in [2.05, 4.69) is 25.8 Å². The van der Waals surface area contributed by atoms with Gasteiger partial charge in [-0.1, -0.05) is 40.2 Å². The van der Waals surface area contributed by atoms with Gasteiger partial charge in [0.25, 0.3) is 0 Å². The monoisotopic (exact) mass is 359 g/mol. The Labute approximate surface area is 138 Å². The number of aromatic nitrogens is 1. The molecule has 4 nitrogen and oxygen atoms in total. The molecule has 1 amide bonds. The number of benzene rings is 1. The summed E-state index contributed by atoms with van der Waals surface area (Å²) in [5.41, 5.74) is 1.04. The van der Waals surface area contributed by atoms with Crippen LogP contribution in [0.5, 0.6) is 0 Å². The van der Waals surface area contributed by atoms with Crippen LogP contribution in [0.15, 0.2) is 53.1 Å². The predicted octanol–water partition coefficient (Wildman–Crippen LogP) is 2.74. The smallest absolute Gasteiger partial charge is 0.227 e. The molecule has 5 heteroatoms. The van der Waals surface area contributed by atoms with Gasteiger partial charge in [0.1, 0.15) is 5.82 Å². The fraction of sp³-hybridized carbons (Fsp3) is 0.294. The molecule has 2 aromatic rings. The predicted molar refractivity (Wildman–Crippen MR) is 90.9 cm³/mol. The molecule has 1 aromatic carbocycles. The molecule has 1 aromatic heterocycles. The first-order valence-electron chi connectivity index (χ1n) is 7.41. The fourth-order valence-corrected chi connectivity index (χ4v) is 3.07. The van der Waals surface area contributed by atoms with Gasteiger partial charge in [0, 0.05) is 36.8 Å². The van der Waals surface area contributed by atoms with Gasteiger partial charge in [-0.25, -0.2) is 4.98 Å². The minimum absolute atomic E-state index is 0.188. The Morgan fingerprint density at radius 3 is 2.45 bits per heavy atom. The topological polar surface area (TPSA) is 36.4 Å². The van der Waals surface area contributed by atoms with Crippen molar-refractivity contribution in [3.8, 4) is 0 Å². The molecule has 1 aliphatic heterocycles. The molecule has 1 saturated heterocycles. The molecule has 0 saturated carbocycles. The Kier molecular flexibility index (Phi) is 4.73. The van der Waals surface area contributed by atoms with E-state index in [1.54, 1.807) is 6.20 Å². The molecular formula is C17H18BrN3O. The number of amides is 1. The number of piperazine rings is 1. The highest BCUT2D eigenvalue weighted by molar-refractivity contribution is 9.10. The van der Waals surface area contributed by atoms with E-state index < -0.39 is 0 Å². The third kappa shape index (κ3) is 3.47. The van der Waals surface area contributed by atoms with Crippen LogP contribution in [0.2, 0.25) is 0 Å². The van der Waals surface area contributed by atoms with Crippen LogP contribution in [0.3, 0.4) is 0 Å². The van der Waals surface area contributed by atoms with E-state index in [0.29, 0.717) is 6.42 Å². The molecule has 0 N–H and O–H groups in total. The molecule has 0 radical (unpaired) electrons. The summed E-state index contributed by atoms with van der Waals surface area (Å²) in [4.78, 5) is 21.0. The largest absolute Gasteiger partial charge is 0.353 e. The molecule has 2 heterocycles. The average molecular weight is 360 g/mol. The number of anilines is 1. The maximum Gasteiger partial charge on any atom is 0.227 e. The highest BCUT2D eigenvalue weighted by Crippen LogP contribution is 2.18. The van der Waals surface area contributed by atoms with Gasteiger partial charge >= 0.3 is 0 Å². The highest BCUT2D eigenvalue weighted by Gasteiger charge is 2.22. The van der Waals surface area contributed by atoms with Crippen molar-refractivity contribution in [3.05, 3.63) is 58.7 Å². The lowest BCUT2D eigenvalue weighted by Gasteiger charge is -2.35. The zero-order valence-electron chi connectivity index (χ0n) is 12.3. The number of hydrogen-bond acceptors (Lipinski definition) is 3. The minimum atomic E-state index is 0.188. The zero-order chi connectivity index (χ0) is 15.4. The standard InChI is InChI=1S/C17H18BrN3O/c18-15-6-2-1-5-14(15)13-17(22)21-11-9-20(10-12-21)16-7-3-4-8-19-16/h1-8H,9-13H2. The van der Waals surface area contributed by atoms with Crippen molar-refractivity contribution in [2.24, 2.45) is 0 Å². The second kappa shape index (κ2) is 6.92. The van der Waals surface area contributed by atoms with Crippen LogP contribution in [0.25, 0.3) is 0 Å². The Bertz CT molecular complexity index is 639. The molecule has 0 bridgehead atoms. The molecule has 3 rings (SSSR count). The summed E-state index contributed by atoms with van der Waals surface area (Å²) in [6, 6.07) is 13.8. The van der Waals surface area contributed by atoms with Crippen molar-refractivity contribution in [2.45, 2.75) is 6.42 Å². The summed E-state index contributed by atoms with van der Waals surface area (Å²) in [5.74, 6) is 1.17. The minimum Gasteiger partial charge on any atom is -0.353 e. The number of halogens is 1. The number of carbonyl (C=O) groups is 1. The lowest BCUT2D eigenvalue weighted by molar-refractivity contribution is -0.130. The van der Waals surface area contributed by atoms with E-state index in [0.717, 1.165) is 42.0 Å². The Balaban J connectivity index is 1.57. The normalized spacial score (nSPS) is 15.0. The van der Waals surface area contributed by atoms with Crippen molar-refractivity contribution < 1.29 is 4.79 Å². The molecule has 1 aliphatic rings. The van der Waals surface area contributed by atoms with E-state index in [1.165, 1.54) is 0 Å². The van der Waals surface area contributed by atoms with Gasteiger partial charge < -0.3 is 9.80 Å². The number of pyridine rings is 1. The summed E-state index contributed by atoms with van der Waals surface area (Å²) < 4.78 is 0.996. The SMILES string of the molecule is O=C(Cc1ccccc1Br)N1CCN(c2ccccn2)CC1. The van der Waals surface area contributed by atoms with Crippen LogP contribution < -0.4 is 4.90 Å². The van der Waals surface area contributed by atoms with Crippen LogP contribution in [-0.4, -0.2) is 42.0 Å². The maximum absolute atomic E-state index is 12.4. The fourth-order valence-electron chi connectivity index (χ4n) is 2.64. The molecule has 1 fully saturated rings. The van der Waals surface area contributed by atoms with Crippen molar-refractivity contribution >= 4 is 27.7 Å². The van der Waals surface area contributed by atoms with E-state index in [4.69, 9.17) is 0 Å². The summed E-state index contributed by atoms with van der Waals surface area (Å²) in [7, 11) is 0. The first-order valence-corrected chi connectivity index (χ1v) is 8.20. The van der Waals surface area contributed by atoms with E-state index >= 15 is 0 Å². The lowest BCUT2D eigenvalue weighted by atomic mass is 10.1. The summed E-state index contributed by atoms with van der Waals surface area (Å²) in [5, 5.41) is 0. The molecule has 0 unspecified atom stereocenters. The summed E-state index contributed by atoms with van der Waals surface area (Å²) in [6.07, 6.45) is 2.25. The van der Waals surface area contributed by atoms with Gasteiger partial charge in [-0.2, -0.15) is 0 Å². The Morgan fingerprint density at radius 1 is 1.05 bits per heavy atom. The zero-order valence-corrected chi connectivity index (χ0v) is 13.9. The first kappa shape index (κ1) is 15.0. The van der Waals surface area contributed by atoms with E-state index in [9.17, 15) is 4.79 Å². The molecule has 22 heavy (non-hydrogen) atoms. The molecule has 0 atom stereocenters. The van der Waals surface area contributed by atoms with Gasteiger partial charge in [-0.05, 0) is 23.8 Å². The average Bonchev–Trinajstić information content (AvgIpc) is 2.58.